The Hall–Kier alpha value is -0.120. The van der Waals surface area contributed by atoms with Gasteiger partial charge in [0.1, 0.15) is 12.4 Å². The van der Waals surface area contributed by atoms with Crippen molar-refractivity contribution in [3.8, 4) is 0 Å². The van der Waals surface area contributed by atoms with Crippen LogP contribution in [0.3, 0.4) is 0 Å². The van der Waals surface area contributed by atoms with Gasteiger partial charge < -0.3 is 14.6 Å². The molecule has 0 aliphatic carbocycles. The van der Waals surface area contributed by atoms with Gasteiger partial charge in [-0.2, -0.15) is 0 Å². The highest BCUT2D eigenvalue weighted by atomic mass is 16.7. The third-order valence-electron chi connectivity index (χ3n) is 1.88. The second-order valence-corrected chi connectivity index (χ2v) is 2.54. The van der Waals surface area contributed by atoms with Crippen molar-refractivity contribution >= 4 is 0 Å². The van der Waals surface area contributed by atoms with Gasteiger partial charge in [0, 0.05) is 0 Å². The molecule has 0 amide bonds. The summed E-state index contributed by atoms with van der Waals surface area (Å²) in [6, 6.07) is 0. The van der Waals surface area contributed by atoms with Gasteiger partial charge in [-0.3, -0.25) is 0 Å². The maximum absolute atomic E-state index is 8.79. The van der Waals surface area contributed by atoms with Crippen LogP contribution in [0, 0.1) is 0 Å². The van der Waals surface area contributed by atoms with Crippen LogP contribution in [0.4, 0.5) is 0 Å². The van der Waals surface area contributed by atoms with E-state index in [2.05, 4.69) is 0 Å². The minimum Gasteiger partial charge on any atom is -0.393 e. The number of aliphatic hydroxyl groups is 1. The topological polar surface area (TPSA) is 38.7 Å². The highest BCUT2D eigenvalue weighted by molar-refractivity contribution is 4.83. The molecular weight excluding hydrogens is 120 g/mol. The van der Waals surface area contributed by atoms with Crippen molar-refractivity contribution in [1.82, 2.24) is 0 Å². The molecule has 0 aromatic heterocycles. The molecule has 1 aliphatic rings. The van der Waals surface area contributed by atoms with E-state index in [0.29, 0.717) is 6.79 Å². The smallest absolute Gasteiger partial charge is 0.148 e. The van der Waals surface area contributed by atoms with E-state index in [0.717, 1.165) is 0 Å². The predicted molar refractivity (Wildman–Crippen MR) is 32.0 cm³/mol. The number of hydrogen-bond acceptors (Lipinski definition) is 3. The van der Waals surface area contributed by atoms with Crippen molar-refractivity contribution in [2.24, 2.45) is 0 Å². The summed E-state index contributed by atoms with van der Waals surface area (Å²) in [5.74, 6) is 0. The zero-order chi connectivity index (χ0) is 6.91. The first-order chi connectivity index (χ1) is 4.19. The summed E-state index contributed by atoms with van der Waals surface area (Å²) < 4.78 is 10.2. The molecule has 3 nitrogen and oxygen atoms in total. The average molecular weight is 132 g/mol. The van der Waals surface area contributed by atoms with Crippen LogP contribution in [0.1, 0.15) is 13.8 Å². The van der Waals surface area contributed by atoms with Crippen molar-refractivity contribution in [3.63, 3.8) is 0 Å². The first-order valence-electron chi connectivity index (χ1n) is 3.05. The van der Waals surface area contributed by atoms with Gasteiger partial charge in [0.2, 0.25) is 0 Å². The molecule has 1 fully saturated rings. The Bertz CT molecular complexity index is 104. The van der Waals surface area contributed by atoms with Gasteiger partial charge in [0.05, 0.1) is 12.7 Å². The minimum absolute atomic E-state index is 0.00231. The van der Waals surface area contributed by atoms with Crippen LogP contribution in [-0.2, 0) is 9.47 Å². The third kappa shape index (κ3) is 1.08. The molecule has 54 valence electrons. The van der Waals surface area contributed by atoms with Gasteiger partial charge in [-0.15, -0.1) is 0 Å². The van der Waals surface area contributed by atoms with Crippen LogP contribution in [0.5, 0.6) is 0 Å². The molecule has 0 bridgehead atoms. The Labute approximate surface area is 54.6 Å². The SMILES string of the molecule is CC1OCOC1(C)CO. The second-order valence-electron chi connectivity index (χ2n) is 2.54. The second kappa shape index (κ2) is 2.25. The fraction of sp³-hybridized carbons (Fsp3) is 1.00. The van der Waals surface area contributed by atoms with E-state index in [1.54, 1.807) is 0 Å². The van der Waals surface area contributed by atoms with Crippen molar-refractivity contribution in [2.45, 2.75) is 25.6 Å². The van der Waals surface area contributed by atoms with Crippen molar-refractivity contribution in [3.05, 3.63) is 0 Å². The molecule has 0 aromatic rings. The van der Waals surface area contributed by atoms with E-state index in [-0.39, 0.29) is 12.7 Å². The Kier molecular flexibility index (Phi) is 1.75. The molecule has 0 spiro atoms. The fourth-order valence-electron chi connectivity index (χ4n) is 0.739. The molecule has 1 aliphatic heterocycles. The highest BCUT2D eigenvalue weighted by Gasteiger charge is 2.37. The van der Waals surface area contributed by atoms with Gasteiger partial charge in [-0.25, -0.2) is 0 Å². The zero-order valence-electron chi connectivity index (χ0n) is 5.76. The van der Waals surface area contributed by atoms with Gasteiger partial charge in [-0.05, 0) is 13.8 Å². The number of hydrogen-bond donors (Lipinski definition) is 1. The molecular formula is C6H12O3. The molecule has 3 heteroatoms. The summed E-state index contributed by atoms with van der Waals surface area (Å²) in [6.45, 7) is 4.06. The van der Waals surface area contributed by atoms with Crippen LogP contribution in [0.2, 0.25) is 0 Å². The summed E-state index contributed by atoms with van der Waals surface area (Å²) in [7, 11) is 0. The van der Waals surface area contributed by atoms with Crippen molar-refractivity contribution in [1.29, 1.82) is 0 Å². The normalized spacial score (nSPS) is 43.7. The van der Waals surface area contributed by atoms with E-state index in [4.69, 9.17) is 14.6 Å². The van der Waals surface area contributed by atoms with Crippen molar-refractivity contribution in [2.75, 3.05) is 13.4 Å². The van der Waals surface area contributed by atoms with Gasteiger partial charge in [-0.1, -0.05) is 0 Å². The number of rotatable bonds is 1. The molecule has 2 unspecified atom stereocenters. The van der Waals surface area contributed by atoms with E-state index in [1.807, 2.05) is 13.8 Å². The quantitative estimate of drug-likeness (QED) is 0.551. The Morgan fingerprint density at radius 1 is 1.78 bits per heavy atom. The lowest BCUT2D eigenvalue weighted by Gasteiger charge is -2.22. The molecule has 1 saturated heterocycles. The molecule has 1 rings (SSSR count). The third-order valence-corrected chi connectivity index (χ3v) is 1.88. The monoisotopic (exact) mass is 132 g/mol. The lowest BCUT2D eigenvalue weighted by molar-refractivity contribution is -0.0327. The number of ether oxygens (including phenoxy) is 2. The molecule has 2 atom stereocenters. The average Bonchev–Trinajstić information content (AvgIpc) is 2.15. The van der Waals surface area contributed by atoms with Gasteiger partial charge >= 0.3 is 0 Å². The summed E-state index contributed by atoms with van der Waals surface area (Å²) >= 11 is 0. The van der Waals surface area contributed by atoms with E-state index >= 15 is 0 Å². The molecule has 9 heavy (non-hydrogen) atoms. The van der Waals surface area contributed by atoms with Crippen molar-refractivity contribution < 1.29 is 14.6 Å². The van der Waals surface area contributed by atoms with Crippen LogP contribution < -0.4 is 0 Å². The van der Waals surface area contributed by atoms with Gasteiger partial charge in [0.25, 0.3) is 0 Å². The van der Waals surface area contributed by atoms with E-state index < -0.39 is 5.60 Å². The van der Waals surface area contributed by atoms with E-state index in [9.17, 15) is 0 Å². The molecule has 1 N–H and O–H groups in total. The van der Waals surface area contributed by atoms with Gasteiger partial charge in [0.15, 0.2) is 0 Å². The molecule has 0 radical (unpaired) electrons. The van der Waals surface area contributed by atoms with Crippen LogP contribution in [-0.4, -0.2) is 30.2 Å². The Morgan fingerprint density at radius 3 is 2.67 bits per heavy atom. The summed E-state index contributed by atoms with van der Waals surface area (Å²) in [6.07, 6.45) is 0.00231. The Morgan fingerprint density at radius 2 is 2.44 bits per heavy atom. The lowest BCUT2D eigenvalue weighted by Crippen LogP contribution is -2.38. The minimum atomic E-state index is -0.472. The molecule has 1 heterocycles. The summed E-state index contributed by atoms with van der Waals surface area (Å²) in [4.78, 5) is 0. The zero-order valence-corrected chi connectivity index (χ0v) is 5.76. The Balaban J connectivity index is 2.56. The predicted octanol–water partition coefficient (Wildman–Crippen LogP) is 0.130. The first kappa shape index (κ1) is 6.99. The van der Waals surface area contributed by atoms with E-state index in [1.165, 1.54) is 0 Å². The molecule has 0 saturated carbocycles. The van der Waals surface area contributed by atoms with Crippen LogP contribution in [0.15, 0.2) is 0 Å². The standard InChI is InChI=1S/C6H12O3/c1-5-6(2,3-7)9-4-8-5/h5,7H,3-4H2,1-2H3. The maximum atomic E-state index is 8.79. The fourth-order valence-corrected chi connectivity index (χ4v) is 0.739. The summed E-state index contributed by atoms with van der Waals surface area (Å²) in [5.41, 5.74) is -0.472. The largest absolute Gasteiger partial charge is 0.393 e. The van der Waals surface area contributed by atoms with Crippen LogP contribution in [0.25, 0.3) is 0 Å². The number of aliphatic hydroxyl groups excluding tert-OH is 1. The highest BCUT2D eigenvalue weighted by Crippen LogP contribution is 2.23. The maximum Gasteiger partial charge on any atom is 0.148 e. The summed E-state index contributed by atoms with van der Waals surface area (Å²) in [5, 5.41) is 8.79. The first-order valence-corrected chi connectivity index (χ1v) is 3.05. The molecule has 0 aromatic carbocycles. The van der Waals surface area contributed by atoms with Crippen LogP contribution >= 0.6 is 0 Å². The lowest BCUT2D eigenvalue weighted by atomic mass is 10.0.